The van der Waals surface area contributed by atoms with Crippen molar-refractivity contribution in [3.63, 3.8) is 0 Å². The van der Waals surface area contributed by atoms with E-state index < -0.39 is 30.1 Å². The van der Waals surface area contributed by atoms with Gasteiger partial charge in [0.15, 0.2) is 12.2 Å². The molecule has 1 saturated heterocycles. The molecule has 0 bridgehead atoms. The van der Waals surface area contributed by atoms with Crippen molar-refractivity contribution in [1.82, 2.24) is 0 Å². The maximum absolute atomic E-state index is 11.0. The topological polar surface area (TPSA) is 91.4 Å². The molecular formula is C11H16O7. The van der Waals surface area contributed by atoms with E-state index in [1.165, 1.54) is 20.8 Å². The maximum atomic E-state index is 11.0. The van der Waals surface area contributed by atoms with Gasteiger partial charge in [-0.05, 0) is 0 Å². The highest BCUT2D eigenvalue weighted by molar-refractivity contribution is 5.68. The van der Waals surface area contributed by atoms with E-state index in [4.69, 9.17) is 18.9 Å². The van der Waals surface area contributed by atoms with Crippen LogP contribution in [0.3, 0.4) is 0 Å². The highest BCUT2D eigenvalue weighted by Gasteiger charge is 2.43. The minimum absolute atomic E-state index is 0.174. The summed E-state index contributed by atoms with van der Waals surface area (Å²) < 4.78 is 19.8. The summed E-state index contributed by atoms with van der Waals surface area (Å²) in [5.74, 6) is -1.58. The van der Waals surface area contributed by atoms with E-state index in [1.54, 1.807) is 0 Å². The summed E-state index contributed by atoms with van der Waals surface area (Å²) in [5.41, 5.74) is 0. The van der Waals surface area contributed by atoms with Gasteiger partial charge in [-0.2, -0.15) is 0 Å². The number of ether oxygens (including phenoxy) is 4. The van der Waals surface area contributed by atoms with Crippen LogP contribution in [0.25, 0.3) is 0 Å². The van der Waals surface area contributed by atoms with Crippen LogP contribution in [0.2, 0.25) is 0 Å². The normalized spacial score (nSPS) is 20.5. The van der Waals surface area contributed by atoms with Crippen LogP contribution in [0.15, 0.2) is 0 Å². The third-order valence-corrected chi connectivity index (χ3v) is 2.16. The van der Waals surface area contributed by atoms with E-state index in [0.717, 1.165) is 0 Å². The van der Waals surface area contributed by atoms with Crippen molar-refractivity contribution < 1.29 is 33.3 Å². The van der Waals surface area contributed by atoms with Crippen molar-refractivity contribution in [2.24, 2.45) is 0 Å². The molecule has 1 aliphatic rings. The third kappa shape index (κ3) is 5.13. The van der Waals surface area contributed by atoms with Crippen LogP contribution >= 0.6 is 0 Å². The minimum Gasteiger partial charge on any atom is -0.462 e. The molecule has 0 saturated carbocycles. The summed E-state index contributed by atoms with van der Waals surface area (Å²) in [6.45, 7) is 3.94. The Labute approximate surface area is 104 Å². The summed E-state index contributed by atoms with van der Waals surface area (Å²) in [6.07, 6.45) is -1.94. The van der Waals surface area contributed by atoms with Gasteiger partial charge >= 0.3 is 17.9 Å². The van der Waals surface area contributed by atoms with Gasteiger partial charge in [0.1, 0.15) is 12.7 Å². The molecule has 0 aromatic carbocycles. The second kappa shape index (κ2) is 6.34. The van der Waals surface area contributed by atoms with Gasteiger partial charge in [-0.1, -0.05) is 0 Å². The molecule has 0 aliphatic carbocycles. The maximum Gasteiger partial charge on any atom is 0.303 e. The number of hydrogen-bond acceptors (Lipinski definition) is 7. The van der Waals surface area contributed by atoms with Gasteiger partial charge < -0.3 is 18.9 Å². The highest BCUT2D eigenvalue weighted by atomic mass is 16.6. The lowest BCUT2D eigenvalue weighted by Crippen LogP contribution is -2.42. The standard InChI is InChI=1S/C11H16O7/c1-6(12)15-5-10(17-7(2)13)11(9-4-16-9)18-8(3)14/h9-11H,4-5H2,1-3H3. The molecule has 0 N–H and O–H groups in total. The van der Waals surface area contributed by atoms with E-state index in [9.17, 15) is 14.4 Å². The predicted octanol–water partition coefficient (Wildman–Crippen LogP) is -0.188. The molecule has 0 spiro atoms. The molecule has 1 aliphatic heterocycles. The molecule has 7 heteroatoms. The molecule has 0 radical (unpaired) electrons. The number of esters is 3. The molecule has 0 aromatic heterocycles. The second-order valence-electron chi connectivity index (χ2n) is 3.90. The van der Waals surface area contributed by atoms with E-state index >= 15 is 0 Å². The van der Waals surface area contributed by atoms with Crippen molar-refractivity contribution in [3.05, 3.63) is 0 Å². The SMILES string of the molecule is CC(=O)OCC(OC(C)=O)C(OC(C)=O)C1CO1. The minimum atomic E-state index is -0.859. The summed E-state index contributed by atoms with van der Waals surface area (Å²) in [4.78, 5) is 32.7. The third-order valence-electron chi connectivity index (χ3n) is 2.16. The Morgan fingerprint density at radius 1 is 1.11 bits per heavy atom. The molecule has 0 aromatic rings. The van der Waals surface area contributed by atoms with Gasteiger partial charge in [0.25, 0.3) is 0 Å². The summed E-state index contributed by atoms with van der Waals surface area (Å²) in [7, 11) is 0. The van der Waals surface area contributed by atoms with Crippen molar-refractivity contribution in [3.8, 4) is 0 Å². The number of carbonyl (C=O) groups is 3. The quantitative estimate of drug-likeness (QED) is 0.371. The van der Waals surface area contributed by atoms with Crippen molar-refractivity contribution in [2.45, 2.75) is 39.1 Å². The zero-order valence-electron chi connectivity index (χ0n) is 10.5. The Hall–Kier alpha value is -1.63. The van der Waals surface area contributed by atoms with Crippen molar-refractivity contribution in [2.75, 3.05) is 13.2 Å². The van der Waals surface area contributed by atoms with Crippen LogP contribution in [0.1, 0.15) is 20.8 Å². The first kappa shape index (κ1) is 14.4. The number of epoxide rings is 1. The van der Waals surface area contributed by atoms with E-state index in [0.29, 0.717) is 6.61 Å². The van der Waals surface area contributed by atoms with E-state index in [-0.39, 0.29) is 12.7 Å². The number of hydrogen-bond donors (Lipinski definition) is 0. The van der Waals surface area contributed by atoms with Gasteiger partial charge in [0.2, 0.25) is 0 Å². The Balaban J connectivity index is 2.66. The highest BCUT2D eigenvalue weighted by Crippen LogP contribution is 2.22. The Kier molecular flexibility index (Phi) is 5.08. The monoisotopic (exact) mass is 260 g/mol. The Morgan fingerprint density at radius 2 is 1.67 bits per heavy atom. The summed E-state index contributed by atoms with van der Waals surface area (Å²) in [5, 5.41) is 0. The van der Waals surface area contributed by atoms with Crippen LogP contribution in [0.4, 0.5) is 0 Å². The Morgan fingerprint density at radius 3 is 2.06 bits per heavy atom. The molecule has 3 unspecified atom stereocenters. The number of rotatable bonds is 6. The summed E-state index contributed by atoms with van der Waals surface area (Å²) >= 11 is 0. The first-order valence-electron chi connectivity index (χ1n) is 5.49. The summed E-state index contributed by atoms with van der Waals surface area (Å²) in [6, 6.07) is 0. The molecule has 1 fully saturated rings. The van der Waals surface area contributed by atoms with Crippen molar-refractivity contribution >= 4 is 17.9 Å². The van der Waals surface area contributed by atoms with Gasteiger partial charge in [-0.25, -0.2) is 0 Å². The van der Waals surface area contributed by atoms with Gasteiger partial charge in [-0.15, -0.1) is 0 Å². The molecular weight excluding hydrogens is 244 g/mol. The first-order valence-corrected chi connectivity index (χ1v) is 5.49. The molecule has 18 heavy (non-hydrogen) atoms. The van der Waals surface area contributed by atoms with E-state index in [1.807, 2.05) is 0 Å². The fourth-order valence-electron chi connectivity index (χ4n) is 1.44. The molecule has 3 atom stereocenters. The fourth-order valence-corrected chi connectivity index (χ4v) is 1.44. The van der Waals surface area contributed by atoms with Gasteiger partial charge in [-0.3, -0.25) is 14.4 Å². The van der Waals surface area contributed by atoms with Crippen LogP contribution in [-0.4, -0.2) is 49.4 Å². The molecule has 7 nitrogen and oxygen atoms in total. The lowest BCUT2D eigenvalue weighted by Gasteiger charge is -2.24. The predicted molar refractivity (Wildman–Crippen MR) is 57.5 cm³/mol. The zero-order valence-corrected chi connectivity index (χ0v) is 10.5. The second-order valence-corrected chi connectivity index (χ2v) is 3.90. The lowest BCUT2D eigenvalue weighted by molar-refractivity contribution is -0.174. The van der Waals surface area contributed by atoms with Gasteiger partial charge in [0, 0.05) is 20.8 Å². The lowest BCUT2D eigenvalue weighted by atomic mass is 10.1. The fraction of sp³-hybridized carbons (Fsp3) is 0.727. The molecule has 1 rings (SSSR count). The largest absolute Gasteiger partial charge is 0.462 e. The van der Waals surface area contributed by atoms with E-state index in [2.05, 4.69) is 0 Å². The van der Waals surface area contributed by atoms with Crippen LogP contribution in [0, 0.1) is 0 Å². The average molecular weight is 260 g/mol. The Bertz CT molecular complexity index is 334. The smallest absolute Gasteiger partial charge is 0.303 e. The molecule has 102 valence electrons. The molecule has 0 amide bonds. The zero-order chi connectivity index (χ0) is 13.7. The number of carbonyl (C=O) groups excluding carboxylic acids is 3. The first-order chi connectivity index (χ1) is 8.40. The average Bonchev–Trinajstić information content (AvgIpc) is 3.03. The van der Waals surface area contributed by atoms with Crippen LogP contribution < -0.4 is 0 Å². The van der Waals surface area contributed by atoms with Crippen molar-refractivity contribution in [1.29, 1.82) is 0 Å². The van der Waals surface area contributed by atoms with Crippen LogP contribution in [-0.2, 0) is 33.3 Å². The molecule has 1 heterocycles. The van der Waals surface area contributed by atoms with Crippen LogP contribution in [0.5, 0.6) is 0 Å². The van der Waals surface area contributed by atoms with Gasteiger partial charge in [0.05, 0.1) is 6.61 Å².